The number of rotatable bonds is 7. The van der Waals surface area contributed by atoms with Gasteiger partial charge in [0.15, 0.2) is 6.29 Å². The number of nitrogens with one attached hydrogen (secondary N) is 2. The van der Waals surface area contributed by atoms with Gasteiger partial charge in [0.05, 0.1) is 5.70 Å². The fourth-order valence-electron chi connectivity index (χ4n) is 3.18. The van der Waals surface area contributed by atoms with Crippen LogP contribution in [0.5, 0.6) is 0 Å². The van der Waals surface area contributed by atoms with Crippen LogP contribution in [0.1, 0.15) is 27.9 Å². The van der Waals surface area contributed by atoms with E-state index < -0.39 is 5.91 Å². The van der Waals surface area contributed by atoms with Crippen LogP contribution in [0, 0.1) is 6.92 Å². The number of primary amides is 1. The summed E-state index contributed by atoms with van der Waals surface area (Å²) < 4.78 is 0. The SMILES string of the molecule is Cc1c(Cl)cccc1C1=CC(=NCCCNc2ccc(C(N)=O)cc2)NC(N)N1C. The van der Waals surface area contributed by atoms with Crippen molar-refractivity contribution in [3.63, 3.8) is 0 Å². The molecule has 1 amide bonds. The van der Waals surface area contributed by atoms with E-state index in [4.69, 9.17) is 23.1 Å². The van der Waals surface area contributed by atoms with E-state index in [1.165, 1.54) is 0 Å². The van der Waals surface area contributed by atoms with Crippen molar-refractivity contribution in [2.24, 2.45) is 16.5 Å². The summed E-state index contributed by atoms with van der Waals surface area (Å²) in [5.74, 6) is 0.322. The fourth-order valence-corrected chi connectivity index (χ4v) is 3.35. The lowest BCUT2D eigenvalue weighted by Crippen LogP contribution is -2.54. The summed E-state index contributed by atoms with van der Waals surface area (Å²) in [5.41, 5.74) is 16.0. The van der Waals surface area contributed by atoms with Crippen LogP contribution in [-0.2, 0) is 0 Å². The third-order valence-electron chi connectivity index (χ3n) is 5.03. The molecule has 0 aliphatic carbocycles. The number of halogens is 1. The molecule has 1 aliphatic rings. The molecule has 6 N–H and O–H groups in total. The zero-order chi connectivity index (χ0) is 21.7. The van der Waals surface area contributed by atoms with Crippen LogP contribution in [0.25, 0.3) is 5.70 Å². The molecule has 0 saturated heterocycles. The van der Waals surface area contributed by atoms with Crippen LogP contribution in [0.2, 0.25) is 5.02 Å². The largest absolute Gasteiger partial charge is 0.385 e. The molecule has 0 bridgehead atoms. The Morgan fingerprint density at radius 1 is 1.27 bits per heavy atom. The van der Waals surface area contributed by atoms with Gasteiger partial charge in [-0.3, -0.25) is 15.5 Å². The lowest BCUT2D eigenvalue weighted by atomic mass is 10.0. The molecule has 0 saturated carbocycles. The van der Waals surface area contributed by atoms with Crippen LogP contribution >= 0.6 is 11.6 Å². The van der Waals surface area contributed by atoms with E-state index in [0.29, 0.717) is 12.1 Å². The number of hydrogen-bond donors (Lipinski definition) is 4. The second-order valence-electron chi connectivity index (χ2n) is 7.13. The fraction of sp³-hybridized carbons (Fsp3) is 0.273. The molecule has 1 unspecified atom stereocenters. The van der Waals surface area contributed by atoms with Gasteiger partial charge >= 0.3 is 0 Å². The van der Waals surface area contributed by atoms with E-state index in [1.807, 2.05) is 55.3 Å². The van der Waals surface area contributed by atoms with Gasteiger partial charge in [-0.15, -0.1) is 0 Å². The molecule has 7 nitrogen and oxygen atoms in total. The van der Waals surface area contributed by atoms with Gasteiger partial charge in [0.1, 0.15) is 5.84 Å². The first-order valence-corrected chi connectivity index (χ1v) is 10.1. The van der Waals surface area contributed by atoms with Crippen molar-refractivity contribution in [3.05, 3.63) is 70.3 Å². The third kappa shape index (κ3) is 5.11. The summed E-state index contributed by atoms with van der Waals surface area (Å²) in [7, 11) is 1.94. The van der Waals surface area contributed by atoms with Gasteiger partial charge in [0.2, 0.25) is 5.91 Å². The Morgan fingerprint density at radius 3 is 2.70 bits per heavy atom. The van der Waals surface area contributed by atoms with Gasteiger partial charge in [-0.05, 0) is 49.2 Å². The molecule has 1 heterocycles. The number of carbonyl (C=O) groups excluding carboxylic acids is 1. The number of amidine groups is 1. The minimum Gasteiger partial charge on any atom is -0.385 e. The maximum Gasteiger partial charge on any atom is 0.248 e. The monoisotopic (exact) mass is 426 g/mol. The molecule has 2 aromatic rings. The molecule has 2 aromatic carbocycles. The van der Waals surface area contributed by atoms with Crippen LogP contribution in [0.4, 0.5) is 5.69 Å². The van der Waals surface area contributed by atoms with Crippen molar-refractivity contribution in [1.82, 2.24) is 10.2 Å². The van der Waals surface area contributed by atoms with Gasteiger partial charge in [0, 0.05) is 48.1 Å². The summed E-state index contributed by atoms with van der Waals surface area (Å²) >= 11 is 6.29. The van der Waals surface area contributed by atoms with E-state index in [2.05, 4.69) is 15.6 Å². The highest BCUT2D eigenvalue weighted by Crippen LogP contribution is 2.28. The zero-order valence-corrected chi connectivity index (χ0v) is 17.9. The predicted octanol–water partition coefficient (Wildman–Crippen LogP) is 2.77. The van der Waals surface area contributed by atoms with E-state index >= 15 is 0 Å². The Bertz CT molecular complexity index is 970. The number of aliphatic imine (C=N–C) groups is 1. The molecule has 30 heavy (non-hydrogen) atoms. The van der Waals surface area contributed by atoms with Gasteiger partial charge in [-0.1, -0.05) is 23.7 Å². The van der Waals surface area contributed by atoms with E-state index in [-0.39, 0.29) is 6.29 Å². The second-order valence-corrected chi connectivity index (χ2v) is 7.54. The summed E-state index contributed by atoms with van der Waals surface area (Å²) in [5, 5.41) is 7.24. The Kier molecular flexibility index (Phi) is 6.97. The Hall–Kier alpha value is -3.03. The molecule has 0 radical (unpaired) electrons. The van der Waals surface area contributed by atoms with Gasteiger partial charge in [-0.2, -0.15) is 0 Å². The molecule has 1 aliphatic heterocycles. The van der Waals surface area contributed by atoms with E-state index in [9.17, 15) is 4.79 Å². The Labute approximate surface area is 181 Å². The maximum absolute atomic E-state index is 11.1. The number of benzene rings is 2. The number of nitrogens with two attached hydrogens (primary N) is 2. The normalized spacial score (nSPS) is 17.5. The molecular weight excluding hydrogens is 400 g/mol. The Morgan fingerprint density at radius 2 is 2.00 bits per heavy atom. The highest BCUT2D eigenvalue weighted by Gasteiger charge is 2.22. The minimum absolute atomic E-state index is 0.371. The quantitative estimate of drug-likeness (QED) is 0.509. The smallest absolute Gasteiger partial charge is 0.248 e. The predicted molar refractivity (Wildman–Crippen MR) is 123 cm³/mol. The second kappa shape index (κ2) is 9.65. The van der Waals surface area contributed by atoms with E-state index in [1.54, 1.807) is 12.1 Å². The van der Waals surface area contributed by atoms with Crippen molar-refractivity contribution in [2.45, 2.75) is 19.6 Å². The van der Waals surface area contributed by atoms with Crippen LogP contribution in [0.3, 0.4) is 0 Å². The van der Waals surface area contributed by atoms with Crippen molar-refractivity contribution < 1.29 is 4.79 Å². The molecule has 0 fully saturated rings. The first-order chi connectivity index (χ1) is 14.4. The van der Waals surface area contributed by atoms with Crippen molar-refractivity contribution in [1.29, 1.82) is 0 Å². The van der Waals surface area contributed by atoms with Crippen molar-refractivity contribution in [3.8, 4) is 0 Å². The topological polar surface area (TPSA) is 109 Å². The number of carbonyl (C=O) groups is 1. The lowest BCUT2D eigenvalue weighted by Gasteiger charge is -2.35. The number of hydrogen-bond acceptors (Lipinski definition) is 5. The summed E-state index contributed by atoms with van der Waals surface area (Å²) in [4.78, 5) is 17.7. The van der Waals surface area contributed by atoms with Crippen molar-refractivity contribution in [2.75, 3.05) is 25.5 Å². The molecule has 0 aromatic heterocycles. The molecule has 1 atom stereocenters. The van der Waals surface area contributed by atoms with Crippen LogP contribution in [-0.4, -0.2) is 43.1 Å². The molecular formula is C22H27ClN6O. The van der Waals surface area contributed by atoms with E-state index in [0.717, 1.165) is 46.3 Å². The Balaban J connectivity index is 1.61. The lowest BCUT2D eigenvalue weighted by molar-refractivity contribution is 0.100. The number of anilines is 1. The van der Waals surface area contributed by atoms with Gasteiger partial charge < -0.3 is 21.3 Å². The standard InChI is InChI=1S/C22H27ClN6O/c1-14-17(5-3-6-18(14)23)19-13-20(28-22(25)29(19)2)27-12-4-11-26-16-9-7-15(8-10-16)21(24)30/h3,5-10,13,22,26H,4,11-12,25H2,1-2H3,(H2,24,30)(H,27,28). The number of amides is 1. The molecule has 8 heteroatoms. The third-order valence-corrected chi connectivity index (χ3v) is 5.44. The van der Waals surface area contributed by atoms with Crippen molar-refractivity contribution >= 4 is 34.7 Å². The minimum atomic E-state index is -0.429. The van der Waals surface area contributed by atoms with Gasteiger partial charge in [0.25, 0.3) is 0 Å². The van der Waals surface area contributed by atoms with Gasteiger partial charge in [-0.25, -0.2) is 0 Å². The average molecular weight is 427 g/mol. The highest BCUT2D eigenvalue weighted by atomic mass is 35.5. The molecule has 0 spiro atoms. The summed E-state index contributed by atoms with van der Waals surface area (Å²) in [6.45, 7) is 3.39. The first kappa shape index (κ1) is 21.7. The zero-order valence-electron chi connectivity index (χ0n) is 17.2. The average Bonchev–Trinajstić information content (AvgIpc) is 2.73. The summed E-state index contributed by atoms with van der Waals surface area (Å²) in [6.07, 6.45) is 2.47. The van der Waals surface area contributed by atoms with Crippen LogP contribution in [0.15, 0.2) is 53.5 Å². The summed E-state index contributed by atoms with van der Waals surface area (Å²) in [6, 6.07) is 12.9. The van der Waals surface area contributed by atoms with Crippen LogP contribution < -0.4 is 22.1 Å². The molecule has 3 rings (SSSR count). The first-order valence-electron chi connectivity index (χ1n) is 9.77. The maximum atomic E-state index is 11.1. The highest BCUT2D eigenvalue weighted by molar-refractivity contribution is 6.31. The molecule has 158 valence electrons. The number of nitrogens with zero attached hydrogens (tertiary/aromatic N) is 2.